The van der Waals surface area contributed by atoms with Crippen molar-refractivity contribution in [1.82, 2.24) is 5.32 Å². The van der Waals surface area contributed by atoms with Crippen molar-refractivity contribution in [3.8, 4) is 6.07 Å². The summed E-state index contributed by atoms with van der Waals surface area (Å²) in [7, 11) is 0. The summed E-state index contributed by atoms with van der Waals surface area (Å²) in [6.07, 6.45) is 3.05. The monoisotopic (exact) mass is 184 g/mol. The van der Waals surface area contributed by atoms with Crippen LogP contribution in [0.4, 0.5) is 0 Å². The van der Waals surface area contributed by atoms with Crippen LogP contribution in [-0.2, 0) is 0 Å². The Labute approximate surface area is 76.5 Å². The maximum absolute atomic E-state index is 8.59. The van der Waals surface area contributed by atoms with Crippen LogP contribution < -0.4 is 10.5 Å². The molecule has 0 rings (SSSR count). The van der Waals surface area contributed by atoms with Gasteiger partial charge in [0, 0.05) is 6.20 Å². The van der Waals surface area contributed by atoms with Gasteiger partial charge in [-0.3, -0.25) is 10.5 Å². The predicted octanol–water partition coefficient (Wildman–Crippen LogP) is 0.976. The van der Waals surface area contributed by atoms with Crippen LogP contribution in [0.2, 0.25) is 0 Å². The minimum Gasteiger partial charge on any atom is -0.374 e. The lowest BCUT2D eigenvalue weighted by molar-refractivity contribution is 0.567. The maximum atomic E-state index is 8.59. The Hall–Kier alpha value is -0.990. The molecule has 4 nitrogen and oxygen atoms in total. The van der Waals surface area contributed by atoms with E-state index in [0.29, 0.717) is 0 Å². The molecule has 0 aromatic carbocycles. The molecule has 0 heterocycles. The number of hydrogen-bond acceptors (Lipinski definition) is 5. The number of rotatable bonds is 3. The van der Waals surface area contributed by atoms with Crippen LogP contribution in [0.3, 0.4) is 0 Å². The molecule has 12 heavy (non-hydrogen) atoms. The summed E-state index contributed by atoms with van der Waals surface area (Å²) >= 11 is 0.857. The fourth-order valence-corrected chi connectivity index (χ4v) is 0.544. The first-order valence-electron chi connectivity index (χ1n) is 3.32. The SMILES string of the molecule is CC(C)(C#N)N/C=C\C(=N)SN. The Bertz CT molecular complexity index is 226. The number of hydrogen-bond donors (Lipinski definition) is 3. The van der Waals surface area contributed by atoms with Gasteiger partial charge < -0.3 is 5.32 Å². The van der Waals surface area contributed by atoms with Gasteiger partial charge in [-0.05, 0) is 31.9 Å². The topological polar surface area (TPSA) is 85.7 Å². The molecule has 0 bridgehead atoms. The van der Waals surface area contributed by atoms with E-state index < -0.39 is 5.54 Å². The molecule has 5 heteroatoms. The zero-order valence-corrected chi connectivity index (χ0v) is 7.90. The lowest BCUT2D eigenvalue weighted by atomic mass is 10.1. The molecule has 66 valence electrons. The number of nitrogens with one attached hydrogen (secondary N) is 2. The molecular weight excluding hydrogens is 172 g/mol. The molecule has 0 unspecified atom stereocenters. The molecule has 0 saturated heterocycles. The first-order valence-corrected chi connectivity index (χ1v) is 4.20. The van der Waals surface area contributed by atoms with Gasteiger partial charge in [-0.15, -0.1) is 0 Å². The molecule has 0 aliphatic heterocycles. The van der Waals surface area contributed by atoms with Crippen molar-refractivity contribution in [2.24, 2.45) is 5.14 Å². The second-order valence-electron chi connectivity index (χ2n) is 2.70. The highest BCUT2D eigenvalue weighted by atomic mass is 32.2. The minimum atomic E-state index is -0.601. The smallest absolute Gasteiger partial charge is 0.119 e. The van der Waals surface area contributed by atoms with E-state index in [1.165, 1.54) is 6.08 Å². The van der Waals surface area contributed by atoms with Crippen molar-refractivity contribution in [1.29, 1.82) is 10.7 Å². The van der Waals surface area contributed by atoms with Crippen molar-refractivity contribution < 1.29 is 0 Å². The average Bonchev–Trinajstić information content (AvgIpc) is 2.04. The van der Waals surface area contributed by atoms with E-state index in [-0.39, 0.29) is 5.04 Å². The summed E-state index contributed by atoms with van der Waals surface area (Å²) in [5, 5.41) is 23.9. The lowest BCUT2D eigenvalue weighted by Gasteiger charge is -2.14. The highest BCUT2D eigenvalue weighted by Crippen LogP contribution is 1.98. The van der Waals surface area contributed by atoms with Gasteiger partial charge in [-0.1, -0.05) is 0 Å². The summed E-state index contributed by atoms with van der Waals surface area (Å²) in [5.41, 5.74) is -0.601. The molecule has 0 radical (unpaired) electrons. The van der Waals surface area contributed by atoms with E-state index in [2.05, 4.69) is 11.4 Å². The molecule has 0 aromatic heterocycles. The van der Waals surface area contributed by atoms with Crippen molar-refractivity contribution in [3.05, 3.63) is 12.3 Å². The van der Waals surface area contributed by atoms with Crippen LogP contribution in [0.15, 0.2) is 12.3 Å². The maximum Gasteiger partial charge on any atom is 0.119 e. The minimum absolute atomic E-state index is 0.247. The molecular formula is C7H12N4S. The van der Waals surface area contributed by atoms with Crippen LogP contribution >= 0.6 is 11.9 Å². The summed E-state index contributed by atoms with van der Waals surface area (Å²) in [6.45, 7) is 3.49. The van der Waals surface area contributed by atoms with E-state index in [1.807, 2.05) is 0 Å². The highest BCUT2D eigenvalue weighted by Gasteiger charge is 2.11. The van der Waals surface area contributed by atoms with Crippen LogP contribution in [0.5, 0.6) is 0 Å². The van der Waals surface area contributed by atoms with E-state index >= 15 is 0 Å². The summed E-state index contributed by atoms with van der Waals surface area (Å²) in [6, 6.07) is 2.06. The fourth-order valence-electron chi connectivity index (χ4n) is 0.397. The van der Waals surface area contributed by atoms with Crippen molar-refractivity contribution in [3.63, 3.8) is 0 Å². The highest BCUT2D eigenvalue weighted by molar-refractivity contribution is 8.12. The van der Waals surface area contributed by atoms with E-state index in [0.717, 1.165) is 11.9 Å². The number of nitriles is 1. The molecule has 0 atom stereocenters. The van der Waals surface area contributed by atoms with Crippen LogP contribution in [0.1, 0.15) is 13.8 Å². The standard InChI is InChI=1S/C7H12N4S/c1-7(2,5-8)11-4-3-6(9)12-10/h3-4,9,11H,10H2,1-2H3/b4-3-,9-6?. The van der Waals surface area contributed by atoms with E-state index in [4.69, 9.17) is 15.8 Å². The number of nitrogens with two attached hydrogens (primary N) is 1. The molecule has 0 aliphatic carbocycles. The Morgan fingerprint density at radius 3 is 2.75 bits per heavy atom. The lowest BCUT2D eigenvalue weighted by Crippen LogP contribution is -2.33. The predicted molar refractivity (Wildman–Crippen MR) is 51.5 cm³/mol. The second kappa shape index (κ2) is 4.80. The van der Waals surface area contributed by atoms with E-state index in [9.17, 15) is 0 Å². The van der Waals surface area contributed by atoms with Gasteiger partial charge in [0.05, 0.1) is 6.07 Å². The quantitative estimate of drug-likeness (QED) is 0.346. The second-order valence-corrected chi connectivity index (χ2v) is 3.37. The van der Waals surface area contributed by atoms with E-state index in [1.54, 1.807) is 20.0 Å². The van der Waals surface area contributed by atoms with Crippen LogP contribution in [0.25, 0.3) is 0 Å². The van der Waals surface area contributed by atoms with Crippen molar-refractivity contribution in [2.45, 2.75) is 19.4 Å². The van der Waals surface area contributed by atoms with Gasteiger partial charge in [-0.25, -0.2) is 0 Å². The first kappa shape index (κ1) is 11.0. The fraction of sp³-hybridized carbons (Fsp3) is 0.429. The van der Waals surface area contributed by atoms with Crippen molar-refractivity contribution in [2.75, 3.05) is 0 Å². The molecule has 4 N–H and O–H groups in total. The summed E-state index contributed by atoms with van der Waals surface area (Å²) in [4.78, 5) is 0. The van der Waals surface area contributed by atoms with Gasteiger partial charge in [0.1, 0.15) is 10.6 Å². The summed E-state index contributed by atoms with van der Waals surface area (Å²) in [5.74, 6) is 0. The van der Waals surface area contributed by atoms with Crippen molar-refractivity contribution >= 4 is 17.0 Å². The van der Waals surface area contributed by atoms with Crippen LogP contribution in [-0.4, -0.2) is 10.6 Å². The Morgan fingerprint density at radius 1 is 1.75 bits per heavy atom. The first-order chi connectivity index (χ1) is 5.52. The molecule has 0 saturated carbocycles. The Balaban J connectivity index is 3.92. The van der Waals surface area contributed by atoms with Gasteiger partial charge >= 0.3 is 0 Å². The number of nitrogens with zero attached hydrogens (tertiary/aromatic N) is 1. The molecule has 0 spiro atoms. The molecule has 0 amide bonds. The zero-order valence-electron chi connectivity index (χ0n) is 7.09. The molecule has 0 aromatic rings. The van der Waals surface area contributed by atoms with Gasteiger partial charge in [0.2, 0.25) is 0 Å². The van der Waals surface area contributed by atoms with Gasteiger partial charge in [0.15, 0.2) is 0 Å². The average molecular weight is 184 g/mol. The van der Waals surface area contributed by atoms with Gasteiger partial charge in [0.25, 0.3) is 0 Å². The third kappa shape index (κ3) is 4.77. The summed E-state index contributed by atoms with van der Waals surface area (Å²) < 4.78 is 0. The Morgan fingerprint density at radius 2 is 2.33 bits per heavy atom. The molecule has 0 aliphatic rings. The normalized spacial score (nSPS) is 11.2. The Kier molecular flexibility index (Phi) is 4.40. The third-order valence-electron chi connectivity index (χ3n) is 1.09. The van der Waals surface area contributed by atoms with Crippen LogP contribution in [0, 0.1) is 16.7 Å². The zero-order chi connectivity index (χ0) is 9.61. The van der Waals surface area contributed by atoms with Gasteiger partial charge in [-0.2, -0.15) is 5.26 Å². The third-order valence-corrected chi connectivity index (χ3v) is 1.48. The molecule has 0 fully saturated rings. The largest absolute Gasteiger partial charge is 0.374 e.